The minimum atomic E-state index is -0.561. The van der Waals surface area contributed by atoms with Crippen LogP contribution in [0.15, 0.2) is 0 Å². The van der Waals surface area contributed by atoms with Gasteiger partial charge in [-0.1, -0.05) is 12.8 Å². The number of rotatable bonds is 3. The Morgan fingerprint density at radius 3 is 2.53 bits per heavy atom. The fraction of sp³-hybridized carbons (Fsp3) is 0.769. The third-order valence-electron chi connectivity index (χ3n) is 3.89. The highest BCUT2D eigenvalue weighted by atomic mass is 16.2. The van der Waals surface area contributed by atoms with Gasteiger partial charge in [0.15, 0.2) is 0 Å². The molecule has 6 nitrogen and oxygen atoms in total. The monoisotopic (exact) mass is 267 g/mol. The molecule has 0 unspecified atom stereocenters. The Labute approximate surface area is 112 Å². The van der Waals surface area contributed by atoms with Crippen molar-refractivity contribution in [2.75, 3.05) is 6.54 Å². The lowest BCUT2D eigenvalue weighted by Gasteiger charge is -2.24. The molecule has 19 heavy (non-hydrogen) atoms. The molecule has 1 aliphatic heterocycles. The molecule has 0 radical (unpaired) electrons. The van der Waals surface area contributed by atoms with Crippen LogP contribution >= 0.6 is 0 Å². The molecule has 0 aromatic rings. The van der Waals surface area contributed by atoms with Crippen molar-refractivity contribution in [3.63, 3.8) is 0 Å². The number of nitrogens with zero attached hydrogens (tertiary/aromatic N) is 1. The highest BCUT2D eigenvalue weighted by molar-refractivity contribution is 5.98. The van der Waals surface area contributed by atoms with Gasteiger partial charge in [0.2, 0.25) is 6.41 Å². The second kappa shape index (κ2) is 6.54. The molecule has 2 fully saturated rings. The summed E-state index contributed by atoms with van der Waals surface area (Å²) in [5, 5.41) is 5.42. The molecule has 0 bridgehead atoms. The zero-order valence-electron chi connectivity index (χ0n) is 11.1. The molecule has 2 rings (SSSR count). The number of carbonyl (C=O) groups excluding carboxylic acids is 3. The summed E-state index contributed by atoms with van der Waals surface area (Å²) in [6, 6.07) is -0.674. The average molecular weight is 267 g/mol. The van der Waals surface area contributed by atoms with Gasteiger partial charge in [0, 0.05) is 12.6 Å². The number of amides is 4. The van der Waals surface area contributed by atoms with Crippen molar-refractivity contribution in [2.45, 2.75) is 57.0 Å². The number of hydrogen-bond acceptors (Lipinski definition) is 3. The highest BCUT2D eigenvalue weighted by Crippen LogP contribution is 2.19. The standard InChI is InChI=1S/C13H21N3O3/c17-9-14-11-7-3-4-8-16(12(11)18)13(19)15-10-5-1-2-6-10/h9-11H,1-8H2,(H,14,17)(H,15,19)/t11-/m0/s1. The number of imide groups is 1. The number of urea groups is 1. The molecule has 1 saturated carbocycles. The Morgan fingerprint density at radius 2 is 1.84 bits per heavy atom. The lowest BCUT2D eigenvalue weighted by atomic mass is 10.1. The fourth-order valence-electron chi connectivity index (χ4n) is 2.80. The van der Waals surface area contributed by atoms with E-state index < -0.39 is 6.04 Å². The van der Waals surface area contributed by atoms with E-state index in [0.717, 1.165) is 38.5 Å². The van der Waals surface area contributed by atoms with Gasteiger partial charge < -0.3 is 10.6 Å². The summed E-state index contributed by atoms with van der Waals surface area (Å²) < 4.78 is 0. The van der Waals surface area contributed by atoms with Crippen molar-refractivity contribution in [1.82, 2.24) is 15.5 Å². The van der Waals surface area contributed by atoms with E-state index in [1.165, 1.54) is 4.90 Å². The average Bonchev–Trinajstić information content (AvgIpc) is 2.82. The summed E-state index contributed by atoms with van der Waals surface area (Å²) in [5.74, 6) is -0.292. The maximum atomic E-state index is 12.2. The summed E-state index contributed by atoms with van der Waals surface area (Å²) in [6.07, 6.45) is 7.01. The van der Waals surface area contributed by atoms with Crippen LogP contribution in [0.2, 0.25) is 0 Å². The van der Waals surface area contributed by atoms with Gasteiger partial charge in [0.25, 0.3) is 5.91 Å². The van der Waals surface area contributed by atoms with Crippen LogP contribution in [0.5, 0.6) is 0 Å². The molecule has 2 aliphatic rings. The predicted octanol–water partition coefficient (Wildman–Crippen LogP) is 0.766. The zero-order chi connectivity index (χ0) is 13.7. The van der Waals surface area contributed by atoms with Gasteiger partial charge in [-0.05, 0) is 32.1 Å². The predicted molar refractivity (Wildman–Crippen MR) is 69.3 cm³/mol. The third kappa shape index (κ3) is 3.45. The lowest BCUT2D eigenvalue weighted by Crippen LogP contribution is -2.52. The van der Waals surface area contributed by atoms with Crippen LogP contribution in [0.25, 0.3) is 0 Å². The second-order valence-corrected chi connectivity index (χ2v) is 5.25. The Hall–Kier alpha value is -1.59. The van der Waals surface area contributed by atoms with Crippen LogP contribution in [0, 0.1) is 0 Å². The Kier molecular flexibility index (Phi) is 4.76. The third-order valence-corrected chi connectivity index (χ3v) is 3.89. The van der Waals surface area contributed by atoms with E-state index in [9.17, 15) is 14.4 Å². The van der Waals surface area contributed by atoms with Crippen LogP contribution in [0.1, 0.15) is 44.9 Å². The molecular weight excluding hydrogens is 246 g/mol. The first-order valence-electron chi connectivity index (χ1n) is 7.04. The fourth-order valence-corrected chi connectivity index (χ4v) is 2.80. The normalized spacial score (nSPS) is 24.9. The Bertz CT molecular complexity index is 353. The van der Waals surface area contributed by atoms with Gasteiger partial charge in [-0.25, -0.2) is 4.79 Å². The second-order valence-electron chi connectivity index (χ2n) is 5.25. The van der Waals surface area contributed by atoms with Crippen molar-refractivity contribution >= 4 is 18.3 Å². The number of carbonyl (C=O) groups is 3. The van der Waals surface area contributed by atoms with Crippen LogP contribution < -0.4 is 10.6 Å². The van der Waals surface area contributed by atoms with Crippen molar-refractivity contribution in [1.29, 1.82) is 0 Å². The smallest absolute Gasteiger partial charge is 0.324 e. The van der Waals surface area contributed by atoms with Crippen LogP contribution in [0.3, 0.4) is 0 Å². The molecule has 6 heteroatoms. The minimum Gasteiger partial charge on any atom is -0.347 e. The Balaban J connectivity index is 1.97. The van der Waals surface area contributed by atoms with E-state index in [4.69, 9.17) is 0 Å². The molecule has 4 amide bonds. The van der Waals surface area contributed by atoms with Crippen LogP contribution in [-0.2, 0) is 9.59 Å². The van der Waals surface area contributed by atoms with Gasteiger partial charge >= 0.3 is 6.03 Å². The summed E-state index contributed by atoms with van der Waals surface area (Å²) in [6.45, 7) is 0.439. The minimum absolute atomic E-state index is 0.195. The molecule has 1 atom stereocenters. The molecule has 0 spiro atoms. The summed E-state index contributed by atoms with van der Waals surface area (Å²) in [5.41, 5.74) is 0. The first-order valence-corrected chi connectivity index (χ1v) is 7.04. The van der Waals surface area contributed by atoms with E-state index in [2.05, 4.69) is 10.6 Å². The molecule has 106 valence electrons. The van der Waals surface area contributed by atoms with Crippen molar-refractivity contribution < 1.29 is 14.4 Å². The van der Waals surface area contributed by atoms with Crippen molar-refractivity contribution in [3.8, 4) is 0 Å². The number of likely N-dealkylation sites (tertiary alicyclic amines) is 1. The van der Waals surface area contributed by atoms with E-state index >= 15 is 0 Å². The SMILES string of the molecule is O=CN[C@H]1CCCCN(C(=O)NC2CCCC2)C1=O. The Morgan fingerprint density at radius 1 is 1.16 bits per heavy atom. The van der Waals surface area contributed by atoms with E-state index in [1.807, 2.05) is 0 Å². The van der Waals surface area contributed by atoms with Crippen molar-refractivity contribution in [3.05, 3.63) is 0 Å². The van der Waals surface area contributed by atoms with Crippen molar-refractivity contribution in [2.24, 2.45) is 0 Å². The van der Waals surface area contributed by atoms with Gasteiger partial charge in [-0.15, -0.1) is 0 Å². The maximum absolute atomic E-state index is 12.2. The number of nitrogens with one attached hydrogen (secondary N) is 2. The van der Waals surface area contributed by atoms with Crippen LogP contribution in [0.4, 0.5) is 4.79 Å². The summed E-state index contributed by atoms with van der Waals surface area (Å²) >= 11 is 0. The first-order chi connectivity index (χ1) is 9.22. The number of hydrogen-bond donors (Lipinski definition) is 2. The molecule has 1 saturated heterocycles. The van der Waals surface area contributed by atoms with E-state index in [1.54, 1.807) is 0 Å². The molecule has 0 aromatic carbocycles. The molecule has 1 heterocycles. The van der Waals surface area contributed by atoms with Gasteiger partial charge in [0.05, 0.1) is 0 Å². The molecule has 0 aromatic heterocycles. The molecular formula is C13H21N3O3. The largest absolute Gasteiger partial charge is 0.347 e. The van der Waals surface area contributed by atoms with Gasteiger partial charge in [-0.2, -0.15) is 0 Å². The summed E-state index contributed by atoms with van der Waals surface area (Å²) in [4.78, 5) is 36.1. The van der Waals surface area contributed by atoms with Gasteiger partial charge in [-0.3, -0.25) is 14.5 Å². The van der Waals surface area contributed by atoms with Gasteiger partial charge in [0.1, 0.15) is 6.04 Å². The first kappa shape index (κ1) is 13.8. The molecule has 1 aliphatic carbocycles. The van der Waals surface area contributed by atoms with E-state index in [0.29, 0.717) is 19.4 Å². The molecule has 2 N–H and O–H groups in total. The zero-order valence-corrected chi connectivity index (χ0v) is 11.1. The van der Waals surface area contributed by atoms with E-state index in [-0.39, 0.29) is 18.0 Å². The highest BCUT2D eigenvalue weighted by Gasteiger charge is 2.31. The topological polar surface area (TPSA) is 78.5 Å². The maximum Gasteiger partial charge on any atom is 0.324 e. The lowest BCUT2D eigenvalue weighted by molar-refractivity contribution is -0.131. The van der Waals surface area contributed by atoms with Crippen LogP contribution in [-0.4, -0.2) is 41.9 Å². The summed E-state index contributed by atoms with van der Waals surface area (Å²) in [7, 11) is 0. The quantitative estimate of drug-likeness (QED) is 0.741.